The van der Waals surface area contributed by atoms with Crippen LogP contribution >= 0.6 is 11.6 Å². The van der Waals surface area contributed by atoms with Crippen LogP contribution in [-0.4, -0.2) is 28.9 Å². The number of benzene rings is 2. The maximum absolute atomic E-state index is 13.0. The van der Waals surface area contributed by atoms with E-state index in [4.69, 9.17) is 16.3 Å². The smallest absolute Gasteiger partial charge is 0.301 e. The van der Waals surface area contributed by atoms with E-state index >= 15 is 0 Å². The van der Waals surface area contributed by atoms with E-state index in [2.05, 4.69) is 4.98 Å². The standard InChI is InChI=1S/C23H17ClN2O4/c1-30-17-10-8-14(9-11-17)21(27)19-20(15-5-4-6-16(24)13-15)26(23(29)22(19)28)18-7-2-3-12-25-18/h2-13,20,27H,1H3/b21-19+. The Labute approximate surface area is 178 Å². The highest BCUT2D eigenvalue weighted by atomic mass is 35.5. The number of aliphatic hydroxyl groups excluding tert-OH is 1. The number of Topliss-reactive ketones (excluding diaryl/α,β-unsaturated/α-hetero) is 1. The Hall–Kier alpha value is -3.64. The van der Waals surface area contributed by atoms with Gasteiger partial charge in [0.1, 0.15) is 17.3 Å². The van der Waals surface area contributed by atoms with Crippen molar-refractivity contribution < 1.29 is 19.4 Å². The van der Waals surface area contributed by atoms with Crippen molar-refractivity contribution in [3.8, 4) is 5.75 Å². The number of nitrogens with zero attached hydrogens (tertiary/aromatic N) is 2. The van der Waals surface area contributed by atoms with E-state index in [1.807, 2.05) is 0 Å². The molecule has 4 rings (SSSR count). The topological polar surface area (TPSA) is 79.7 Å². The molecular weight excluding hydrogens is 404 g/mol. The molecule has 2 heterocycles. The van der Waals surface area contributed by atoms with Crippen LogP contribution < -0.4 is 9.64 Å². The van der Waals surface area contributed by atoms with Gasteiger partial charge in [-0.1, -0.05) is 29.8 Å². The molecule has 0 saturated carbocycles. The number of halogens is 1. The summed E-state index contributed by atoms with van der Waals surface area (Å²) in [7, 11) is 1.53. The van der Waals surface area contributed by atoms with E-state index in [-0.39, 0.29) is 11.3 Å². The number of ether oxygens (including phenoxy) is 1. The van der Waals surface area contributed by atoms with Gasteiger partial charge in [-0.15, -0.1) is 0 Å². The zero-order chi connectivity index (χ0) is 21.3. The van der Waals surface area contributed by atoms with Gasteiger partial charge in [0.15, 0.2) is 0 Å². The number of hydrogen-bond acceptors (Lipinski definition) is 5. The van der Waals surface area contributed by atoms with Crippen LogP contribution in [0.4, 0.5) is 5.82 Å². The predicted molar refractivity (Wildman–Crippen MR) is 113 cm³/mol. The fourth-order valence-corrected chi connectivity index (χ4v) is 3.66. The van der Waals surface area contributed by atoms with E-state index in [1.165, 1.54) is 18.2 Å². The molecule has 1 amide bonds. The number of aliphatic hydroxyl groups is 1. The molecule has 3 aromatic rings. The summed E-state index contributed by atoms with van der Waals surface area (Å²) in [5.41, 5.74) is 0.947. The molecule has 2 aromatic carbocycles. The summed E-state index contributed by atoms with van der Waals surface area (Å²) in [6.07, 6.45) is 1.53. The first-order valence-corrected chi connectivity index (χ1v) is 9.51. The van der Waals surface area contributed by atoms with Gasteiger partial charge in [0.2, 0.25) is 0 Å². The van der Waals surface area contributed by atoms with Crippen LogP contribution in [0.5, 0.6) is 5.75 Å². The van der Waals surface area contributed by atoms with Crippen LogP contribution in [0.2, 0.25) is 5.02 Å². The first kappa shape index (κ1) is 19.7. The lowest BCUT2D eigenvalue weighted by molar-refractivity contribution is -0.132. The first-order valence-electron chi connectivity index (χ1n) is 9.13. The zero-order valence-electron chi connectivity index (χ0n) is 15.9. The van der Waals surface area contributed by atoms with Gasteiger partial charge < -0.3 is 9.84 Å². The van der Waals surface area contributed by atoms with Crippen molar-refractivity contribution >= 4 is 34.9 Å². The molecule has 0 bridgehead atoms. The SMILES string of the molecule is COc1ccc(/C(O)=C2\C(=O)C(=O)N(c3ccccn3)C2c2cccc(Cl)c2)cc1. The number of rotatable bonds is 4. The van der Waals surface area contributed by atoms with E-state index in [9.17, 15) is 14.7 Å². The third-order valence-electron chi connectivity index (χ3n) is 4.87. The van der Waals surface area contributed by atoms with Gasteiger partial charge in [-0.2, -0.15) is 0 Å². The lowest BCUT2D eigenvalue weighted by Crippen LogP contribution is -2.30. The summed E-state index contributed by atoms with van der Waals surface area (Å²) in [6.45, 7) is 0. The lowest BCUT2D eigenvalue weighted by Gasteiger charge is -2.24. The van der Waals surface area contributed by atoms with Crippen LogP contribution in [0.15, 0.2) is 78.5 Å². The van der Waals surface area contributed by atoms with Crippen molar-refractivity contribution in [3.05, 3.63) is 94.6 Å². The normalized spacial score (nSPS) is 17.9. The second kappa shape index (κ2) is 8.00. The van der Waals surface area contributed by atoms with Gasteiger partial charge in [-0.3, -0.25) is 14.5 Å². The average Bonchev–Trinajstić information content (AvgIpc) is 3.04. The number of pyridine rings is 1. The molecule has 30 heavy (non-hydrogen) atoms. The van der Waals surface area contributed by atoms with Gasteiger partial charge in [-0.05, 0) is 54.1 Å². The van der Waals surface area contributed by atoms with Gasteiger partial charge in [0.25, 0.3) is 5.78 Å². The molecule has 1 aliphatic rings. The number of aromatic nitrogens is 1. The van der Waals surface area contributed by atoms with Gasteiger partial charge in [0.05, 0.1) is 18.7 Å². The number of methoxy groups -OCH3 is 1. The molecule has 1 aliphatic heterocycles. The summed E-state index contributed by atoms with van der Waals surface area (Å²) in [4.78, 5) is 31.5. The molecule has 1 aromatic heterocycles. The monoisotopic (exact) mass is 420 g/mol. The molecule has 1 saturated heterocycles. The molecule has 150 valence electrons. The fraction of sp³-hybridized carbons (Fsp3) is 0.0870. The van der Waals surface area contributed by atoms with Gasteiger partial charge >= 0.3 is 5.91 Å². The summed E-state index contributed by atoms with van der Waals surface area (Å²) in [5, 5.41) is 11.5. The second-order valence-corrected chi connectivity index (χ2v) is 7.08. The van der Waals surface area contributed by atoms with Crippen LogP contribution in [0.25, 0.3) is 5.76 Å². The number of carbonyl (C=O) groups is 2. The van der Waals surface area contributed by atoms with E-state index in [0.29, 0.717) is 27.7 Å². The van der Waals surface area contributed by atoms with E-state index in [0.717, 1.165) is 0 Å². The van der Waals surface area contributed by atoms with Crippen LogP contribution in [0.3, 0.4) is 0 Å². The lowest BCUT2D eigenvalue weighted by atomic mass is 9.95. The molecular formula is C23H17ClN2O4. The van der Waals surface area contributed by atoms with Crippen molar-refractivity contribution in [2.24, 2.45) is 0 Å². The van der Waals surface area contributed by atoms with Crippen molar-refractivity contribution in [3.63, 3.8) is 0 Å². The second-order valence-electron chi connectivity index (χ2n) is 6.64. The Morgan fingerprint density at radius 1 is 1.07 bits per heavy atom. The average molecular weight is 421 g/mol. The molecule has 1 N–H and O–H groups in total. The summed E-state index contributed by atoms with van der Waals surface area (Å²) in [5.74, 6) is -0.933. The quantitative estimate of drug-likeness (QED) is 0.385. The zero-order valence-corrected chi connectivity index (χ0v) is 16.7. The molecule has 1 atom stereocenters. The highest BCUT2D eigenvalue weighted by molar-refractivity contribution is 6.51. The van der Waals surface area contributed by atoms with E-state index in [1.54, 1.807) is 66.7 Å². The Balaban J connectivity index is 1.93. The minimum atomic E-state index is -0.874. The fourth-order valence-electron chi connectivity index (χ4n) is 3.46. The van der Waals surface area contributed by atoms with E-state index < -0.39 is 17.7 Å². The summed E-state index contributed by atoms with van der Waals surface area (Å²) in [6, 6.07) is 17.6. The summed E-state index contributed by atoms with van der Waals surface area (Å²) >= 11 is 6.17. The molecule has 1 unspecified atom stereocenters. The maximum atomic E-state index is 13.0. The van der Waals surface area contributed by atoms with Crippen molar-refractivity contribution in [1.82, 2.24) is 4.98 Å². The van der Waals surface area contributed by atoms with Crippen LogP contribution in [0.1, 0.15) is 17.2 Å². The number of ketones is 1. The third-order valence-corrected chi connectivity index (χ3v) is 5.10. The largest absolute Gasteiger partial charge is 0.507 e. The van der Waals surface area contributed by atoms with Crippen LogP contribution in [-0.2, 0) is 9.59 Å². The highest BCUT2D eigenvalue weighted by Gasteiger charge is 2.47. The van der Waals surface area contributed by atoms with Gasteiger partial charge in [0, 0.05) is 16.8 Å². The third kappa shape index (κ3) is 3.42. The number of hydrogen-bond donors (Lipinski definition) is 1. The Bertz CT molecular complexity index is 1140. The number of amides is 1. The molecule has 0 spiro atoms. The molecule has 6 nitrogen and oxygen atoms in total. The first-order chi connectivity index (χ1) is 14.5. The Morgan fingerprint density at radius 2 is 1.83 bits per heavy atom. The van der Waals surface area contributed by atoms with Gasteiger partial charge in [-0.25, -0.2) is 4.98 Å². The van der Waals surface area contributed by atoms with Crippen molar-refractivity contribution in [1.29, 1.82) is 0 Å². The highest BCUT2D eigenvalue weighted by Crippen LogP contribution is 2.42. The minimum Gasteiger partial charge on any atom is -0.507 e. The summed E-state index contributed by atoms with van der Waals surface area (Å²) < 4.78 is 5.14. The van der Waals surface area contributed by atoms with Crippen molar-refractivity contribution in [2.45, 2.75) is 6.04 Å². The molecule has 1 fully saturated rings. The van der Waals surface area contributed by atoms with Crippen LogP contribution in [0, 0.1) is 0 Å². The Morgan fingerprint density at radius 3 is 2.47 bits per heavy atom. The minimum absolute atomic E-state index is 0.0295. The Kier molecular flexibility index (Phi) is 5.25. The number of carbonyl (C=O) groups excluding carboxylic acids is 2. The number of anilines is 1. The predicted octanol–water partition coefficient (Wildman–Crippen LogP) is 4.37. The molecule has 0 radical (unpaired) electrons. The molecule has 0 aliphatic carbocycles. The van der Waals surface area contributed by atoms with Crippen molar-refractivity contribution in [2.75, 3.05) is 12.0 Å². The maximum Gasteiger partial charge on any atom is 0.301 e. The molecule has 7 heteroatoms.